The van der Waals surface area contributed by atoms with Crippen molar-refractivity contribution in [1.82, 2.24) is 9.88 Å². The predicted molar refractivity (Wildman–Crippen MR) is 131 cm³/mol. The highest BCUT2D eigenvalue weighted by Crippen LogP contribution is 2.33. The fourth-order valence-electron chi connectivity index (χ4n) is 4.19. The zero-order chi connectivity index (χ0) is 23.5. The molecule has 5 rings (SSSR count). The van der Waals surface area contributed by atoms with Crippen molar-refractivity contribution in [2.45, 2.75) is 25.2 Å². The van der Waals surface area contributed by atoms with Crippen LogP contribution >= 0.6 is 22.9 Å². The zero-order valence-electron chi connectivity index (χ0n) is 18.5. The fourth-order valence-corrected chi connectivity index (χ4v) is 5.36. The van der Waals surface area contributed by atoms with Crippen LogP contribution in [0.2, 0.25) is 5.02 Å². The van der Waals surface area contributed by atoms with Crippen LogP contribution < -0.4 is 14.8 Å². The highest BCUT2D eigenvalue weighted by molar-refractivity contribution is 7.10. The lowest BCUT2D eigenvalue weighted by atomic mass is 9.97. The molecule has 7 nitrogen and oxygen atoms in total. The number of aromatic nitrogens is 1. The number of halogens is 1. The number of piperidine rings is 1. The van der Waals surface area contributed by atoms with Gasteiger partial charge in [-0.15, -0.1) is 11.3 Å². The van der Waals surface area contributed by atoms with Gasteiger partial charge in [-0.2, -0.15) is 0 Å². The third kappa shape index (κ3) is 5.03. The standard InChI is InChI=1S/C25H24ClN3O4S/c26-19-4-2-1-3-17(19)13-23(30)29-9-7-16(8-10-29)25-28-20(15-34-25)24(31)27-18-5-6-21-22(14-18)33-12-11-32-21/h1-6,14-16H,7-13H2,(H,27,31). The molecule has 0 atom stereocenters. The maximum Gasteiger partial charge on any atom is 0.275 e. The number of hydrogen-bond acceptors (Lipinski definition) is 6. The van der Waals surface area contributed by atoms with Gasteiger partial charge in [0.05, 0.1) is 11.4 Å². The molecule has 2 aromatic carbocycles. The zero-order valence-corrected chi connectivity index (χ0v) is 20.0. The van der Waals surface area contributed by atoms with Crippen molar-refractivity contribution in [3.8, 4) is 11.5 Å². The third-order valence-corrected chi connectivity index (χ3v) is 7.43. The number of carbonyl (C=O) groups excluding carboxylic acids is 2. The molecule has 176 valence electrons. The number of ether oxygens (including phenoxy) is 2. The number of amides is 2. The van der Waals surface area contributed by atoms with Crippen molar-refractivity contribution >= 4 is 40.4 Å². The van der Waals surface area contributed by atoms with E-state index in [-0.39, 0.29) is 17.7 Å². The minimum atomic E-state index is -0.258. The number of likely N-dealkylation sites (tertiary alicyclic amines) is 1. The van der Waals surface area contributed by atoms with Crippen molar-refractivity contribution in [2.24, 2.45) is 0 Å². The fraction of sp³-hybridized carbons (Fsp3) is 0.320. The first-order chi connectivity index (χ1) is 16.6. The topological polar surface area (TPSA) is 80.8 Å². The molecule has 2 amide bonds. The summed E-state index contributed by atoms with van der Waals surface area (Å²) in [5.74, 6) is 1.37. The van der Waals surface area contributed by atoms with E-state index >= 15 is 0 Å². The molecule has 2 aliphatic heterocycles. The molecule has 1 N–H and O–H groups in total. The molecule has 0 aliphatic carbocycles. The molecule has 1 saturated heterocycles. The Labute approximate surface area is 206 Å². The van der Waals surface area contributed by atoms with E-state index in [2.05, 4.69) is 10.3 Å². The van der Waals surface area contributed by atoms with E-state index in [1.54, 1.807) is 29.6 Å². The van der Waals surface area contributed by atoms with Crippen LogP contribution in [-0.2, 0) is 11.2 Å². The van der Waals surface area contributed by atoms with Crippen LogP contribution in [0.25, 0.3) is 0 Å². The molecule has 3 aromatic rings. The van der Waals surface area contributed by atoms with Crippen LogP contribution in [0.3, 0.4) is 0 Å². The maximum atomic E-state index is 12.7. The predicted octanol–water partition coefficient (Wildman–Crippen LogP) is 4.77. The minimum Gasteiger partial charge on any atom is -0.486 e. The molecule has 0 spiro atoms. The van der Waals surface area contributed by atoms with E-state index in [1.165, 1.54) is 11.3 Å². The van der Waals surface area contributed by atoms with Crippen molar-refractivity contribution < 1.29 is 19.1 Å². The highest BCUT2D eigenvalue weighted by Gasteiger charge is 2.27. The van der Waals surface area contributed by atoms with Crippen LogP contribution in [0.5, 0.6) is 11.5 Å². The number of anilines is 1. The summed E-state index contributed by atoms with van der Waals surface area (Å²) < 4.78 is 11.1. The number of carbonyl (C=O) groups is 2. The van der Waals surface area contributed by atoms with Crippen molar-refractivity contribution in [1.29, 1.82) is 0 Å². The van der Waals surface area contributed by atoms with Gasteiger partial charge in [0, 0.05) is 41.2 Å². The summed E-state index contributed by atoms with van der Waals surface area (Å²) in [5, 5.41) is 6.23. The number of benzene rings is 2. The molecule has 3 heterocycles. The summed E-state index contributed by atoms with van der Waals surface area (Å²) in [5.41, 5.74) is 1.88. The van der Waals surface area contributed by atoms with Crippen LogP contribution in [0.15, 0.2) is 47.8 Å². The van der Waals surface area contributed by atoms with E-state index in [1.807, 2.05) is 23.1 Å². The average molecular weight is 498 g/mol. The van der Waals surface area contributed by atoms with Gasteiger partial charge in [-0.1, -0.05) is 29.8 Å². The second-order valence-electron chi connectivity index (χ2n) is 8.31. The Morgan fingerprint density at radius 1 is 1.09 bits per heavy atom. The Bertz CT molecular complexity index is 1210. The normalized spacial score (nSPS) is 15.7. The number of nitrogens with zero attached hydrogens (tertiary/aromatic N) is 2. The van der Waals surface area contributed by atoms with Crippen molar-refractivity contribution in [2.75, 3.05) is 31.6 Å². The quantitative estimate of drug-likeness (QED) is 0.549. The Hall–Kier alpha value is -3.10. The Balaban J connectivity index is 1.16. The minimum absolute atomic E-state index is 0.0881. The van der Waals surface area contributed by atoms with Gasteiger partial charge < -0.3 is 19.7 Å². The number of nitrogens with one attached hydrogen (secondary N) is 1. The SMILES string of the molecule is O=C(Nc1ccc2c(c1)OCCO2)c1csc(C2CCN(C(=O)Cc3ccccc3Cl)CC2)n1. The van der Waals surface area contributed by atoms with E-state index in [0.29, 0.717) is 60.6 Å². The molecule has 9 heteroatoms. The maximum absolute atomic E-state index is 12.7. The molecule has 0 bridgehead atoms. The van der Waals surface area contributed by atoms with Gasteiger partial charge in [-0.3, -0.25) is 9.59 Å². The second kappa shape index (κ2) is 10.0. The van der Waals surface area contributed by atoms with Crippen molar-refractivity contribution in [3.63, 3.8) is 0 Å². The molecular formula is C25H24ClN3O4S. The Morgan fingerprint density at radius 3 is 2.65 bits per heavy atom. The van der Waals surface area contributed by atoms with E-state index < -0.39 is 0 Å². The number of rotatable bonds is 5. The summed E-state index contributed by atoms with van der Waals surface area (Å²) in [6.45, 7) is 2.36. The molecule has 0 saturated carbocycles. The van der Waals surface area contributed by atoms with Gasteiger partial charge in [0.25, 0.3) is 5.91 Å². The molecule has 0 unspecified atom stereocenters. The van der Waals surface area contributed by atoms with Gasteiger partial charge in [0.2, 0.25) is 5.91 Å². The first-order valence-electron chi connectivity index (χ1n) is 11.2. The average Bonchev–Trinajstić information content (AvgIpc) is 3.36. The van der Waals surface area contributed by atoms with Crippen molar-refractivity contribution in [3.05, 3.63) is 69.1 Å². The highest BCUT2D eigenvalue weighted by atomic mass is 35.5. The lowest BCUT2D eigenvalue weighted by molar-refractivity contribution is -0.131. The lowest BCUT2D eigenvalue weighted by Gasteiger charge is -2.31. The van der Waals surface area contributed by atoms with Crippen LogP contribution in [0.4, 0.5) is 5.69 Å². The first-order valence-corrected chi connectivity index (χ1v) is 12.5. The summed E-state index contributed by atoms with van der Waals surface area (Å²) in [6, 6.07) is 12.8. The monoisotopic (exact) mass is 497 g/mol. The lowest BCUT2D eigenvalue weighted by Crippen LogP contribution is -2.38. The molecular weight excluding hydrogens is 474 g/mol. The number of fused-ring (bicyclic) bond motifs is 1. The second-order valence-corrected chi connectivity index (χ2v) is 9.60. The summed E-state index contributed by atoms with van der Waals surface area (Å²) in [4.78, 5) is 31.9. The number of thiazole rings is 1. The van der Waals surface area contributed by atoms with Gasteiger partial charge in [0.15, 0.2) is 11.5 Å². The third-order valence-electron chi connectivity index (χ3n) is 6.05. The van der Waals surface area contributed by atoms with Gasteiger partial charge in [0.1, 0.15) is 18.9 Å². The molecule has 0 radical (unpaired) electrons. The molecule has 34 heavy (non-hydrogen) atoms. The Morgan fingerprint density at radius 2 is 1.85 bits per heavy atom. The smallest absolute Gasteiger partial charge is 0.275 e. The van der Waals surface area contributed by atoms with E-state index in [0.717, 1.165) is 23.4 Å². The largest absolute Gasteiger partial charge is 0.486 e. The first kappa shape index (κ1) is 22.7. The number of hydrogen-bond donors (Lipinski definition) is 1. The summed E-state index contributed by atoms with van der Waals surface area (Å²) in [7, 11) is 0. The van der Waals surface area contributed by atoms with E-state index in [4.69, 9.17) is 21.1 Å². The summed E-state index contributed by atoms with van der Waals surface area (Å²) >= 11 is 7.69. The van der Waals surface area contributed by atoms with Gasteiger partial charge >= 0.3 is 0 Å². The summed E-state index contributed by atoms with van der Waals surface area (Å²) in [6.07, 6.45) is 1.96. The Kier molecular flexibility index (Phi) is 6.69. The molecule has 1 aromatic heterocycles. The van der Waals surface area contributed by atoms with Crippen LogP contribution in [0.1, 0.15) is 39.8 Å². The molecule has 2 aliphatic rings. The van der Waals surface area contributed by atoms with Crippen LogP contribution in [0, 0.1) is 0 Å². The molecule has 1 fully saturated rings. The van der Waals surface area contributed by atoms with Gasteiger partial charge in [-0.25, -0.2) is 4.98 Å². The van der Waals surface area contributed by atoms with E-state index in [9.17, 15) is 9.59 Å². The van der Waals surface area contributed by atoms with Crippen LogP contribution in [-0.4, -0.2) is 48.0 Å². The van der Waals surface area contributed by atoms with Gasteiger partial charge in [-0.05, 0) is 36.6 Å².